The first-order valence-electron chi connectivity index (χ1n) is 8.50. The highest BCUT2D eigenvalue weighted by Gasteiger charge is 2.21. The Morgan fingerprint density at radius 3 is 2.57 bits per heavy atom. The monoisotopic (exact) mass is 422 g/mol. The molecule has 9 heteroatoms. The standard InChI is InChI=1S/C19H17ClF2N4OS/c1-3-26-17(12-4-6-13(20)7-5-12)24-25-19(26)28-11(2)18(27)23-16-9-8-14(21)10-15(16)22/h4-11H,3H2,1-2H3,(H,23,27). The highest BCUT2D eigenvalue weighted by atomic mass is 35.5. The maximum Gasteiger partial charge on any atom is 0.237 e. The number of carbonyl (C=O) groups excluding carboxylic acids is 1. The summed E-state index contributed by atoms with van der Waals surface area (Å²) in [4.78, 5) is 12.4. The minimum absolute atomic E-state index is 0.0716. The van der Waals surface area contributed by atoms with Gasteiger partial charge in [-0.05, 0) is 50.2 Å². The van der Waals surface area contributed by atoms with Gasteiger partial charge in [0.25, 0.3) is 0 Å². The van der Waals surface area contributed by atoms with E-state index in [2.05, 4.69) is 15.5 Å². The molecular formula is C19H17ClF2N4OS. The second-order valence-electron chi connectivity index (χ2n) is 5.93. The first-order chi connectivity index (χ1) is 13.4. The zero-order chi connectivity index (χ0) is 20.3. The van der Waals surface area contributed by atoms with Gasteiger partial charge in [0.1, 0.15) is 11.6 Å². The van der Waals surface area contributed by atoms with Crippen molar-refractivity contribution >= 4 is 35.0 Å². The second-order valence-corrected chi connectivity index (χ2v) is 7.68. The van der Waals surface area contributed by atoms with Crippen molar-refractivity contribution in [3.8, 4) is 11.4 Å². The van der Waals surface area contributed by atoms with Crippen LogP contribution < -0.4 is 5.32 Å². The molecule has 1 atom stereocenters. The van der Waals surface area contributed by atoms with Gasteiger partial charge in [-0.3, -0.25) is 4.79 Å². The molecule has 0 aliphatic heterocycles. The van der Waals surface area contributed by atoms with E-state index in [4.69, 9.17) is 11.6 Å². The van der Waals surface area contributed by atoms with Crippen molar-refractivity contribution in [3.05, 3.63) is 59.1 Å². The number of thioether (sulfide) groups is 1. The van der Waals surface area contributed by atoms with E-state index in [-0.39, 0.29) is 5.69 Å². The summed E-state index contributed by atoms with van der Waals surface area (Å²) >= 11 is 7.13. The molecule has 146 valence electrons. The number of amides is 1. The minimum Gasteiger partial charge on any atom is -0.323 e. The number of aromatic nitrogens is 3. The zero-order valence-electron chi connectivity index (χ0n) is 15.1. The Morgan fingerprint density at radius 1 is 1.21 bits per heavy atom. The molecule has 5 nitrogen and oxygen atoms in total. The van der Waals surface area contributed by atoms with Crippen LogP contribution in [0.4, 0.5) is 14.5 Å². The summed E-state index contributed by atoms with van der Waals surface area (Å²) in [5.74, 6) is -1.29. The number of rotatable bonds is 6. The molecule has 1 amide bonds. The maximum absolute atomic E-state index is 13.7. The van der Waals surface area contributed by atoms with Crippen molar-refractivity contribution in [3.63, 3.8) is 0 Å². The van der Waals surface area contributed by atoms with E-state index in [1.54, 1.807) is 19.1 Å². The summed E-state index contributed by atoms with van der Waals surface area (Å²) in [6.07, 6.45) is 0. The Labute approximate surface area is 170 Å². The number of hydrogen-bond acceptors (Lipinski definition) is 4. The Bertz CT molecular complexity index is 994. The number of halogens is 3. The lowest BCUT2D eigenvalue weighted by Crippen LogP contribution is -2.23. The fraction of sp³-hybridized carbons (Fsp3) is 0.211. The van der Waals surface area contributed by atoms with Crippen LogP contribution in [-0.2, 0) is 11.3 Å². The molecule has 2 aromatic carbocycles. The number of nitrogens with zero attached hydrogens (tertiary/aromatic N) is 3. The van der Waals surface area contributed by atoms with Gasteiger partial charge in [-0.1, -0.05) is 23.4 Å². The van der Waals surface area contributed by atoms with Gasteiger partial charge in [0, 0.05) is 23.2 Å². The summed E-state index contributed by atoms with van der Waals surface area (Å²) in [6.45, 7) is 4.23. The third-order valence-electron chi connectivity index (χ3n) is 3.98. The van der Waals surface area contributed by atoms with Crippen LogP contribution in [0.1, 0.15) is 13.8 Å². The normalized spacial score (nSPS) is 12.0. The number of hydrogen-bond donors (Lipinski definition) is 1. The topological polar surface area (TPSA) is 59.8 Å². The van der Waals surface area contributed by atoms with E-state index in [0.29, 0.717) is 22.5 Å². The fourth-order valence-electron chi connectivity index (χ4n) is 2.51. The van der Waals surface area contributed by atoms with Crippen LogP contribution in [-0.4, -0.2) is 25.9 Å². The Kier molecular flexibility index (Phi) is 6.31. The first-order valence-corrected chi connectivity index (χ1v) is 9.76. The van der Waals surface area contributed by atoms with Crippen molar-refractivity contribution in [1.29, 1.82) is 0 Å². The van der Waals surface area contributed by atoms with Crippen LogP contribution in [0, 0.1) is 11.6 Å². The molecular weight excluding hydrogens is 406 g/mol. The van der Waals surface area contributed by atoms with Crippen LogP contribution in [0.2, 0.25) is 5.02 Å². The number of benzene rings is 2. The predicted molar refractivity (Wildman–Crippen MR) is 106 cm³/mol. The van der Waals surface area contributed by atoms with Gasteiger partial charge in [0.15, 0.2) is 11.0 Å². The third-order valence-corrected chi connectivity index (χ3v) is 5.31. The fourth-order valence-corrected chi connectivity index (χ4v) is 3.55. The quantitative estimate of drug-likeness (QED) is 0.567. The van der Waals surface area contributed by atoms with Gasteiger partial charge in [-0.25, -0.2) is 8.78 Å². The van der Waals surface area contributed by atoms with E-state index < -0.39 is 22.8 Å². The van der Waals surface area contributed by atoms with Gasteiger partial charge in [0.2, 0.25) is 5.91 Å². The van der Waals surface area contributed by atoms with E-state index in [9.17, 15) is 13.6 Å². The Morgan fingerprint density at radius 2 is 1.93 bits per heavy atom. The third kappa shape index (κ3) is 4.51. The molecule has 0 fully saturated rings. The lowest BCUT2D eigenvalue weighted by molar-refractivity contribution is -0.115. The van der Waals surface area contributed by atoms with Gasteiger partial charge < -0.3 is 9.88 Å². The SMILES string of the molecule is CCn1c(SC(C)C(=O)Nc2ccc(F)cc2F)nnc1-c1ccc(Cl)cc1. The Balaban J connectivity index is 1.75. The van der Waals surface area contributed by atoms with Crippen LogP contribution in [0.25, 0.3) is 11.4 Å². The predicted octanol–water partition coefficient (Wildman–Crippen LogP) is 5.02. The molecule has 0 saturated heterocycles. The van der Waals surface area contributed by atoms with Crippen LogP contribution in [0.15, 0.2) is 47.6 Å². The number of nitrogens with one attached hydrogen (secondary N) is 1. The molecule has 1 heterocycles. The van der Waals surface area contributed by atoms with Crippen molar-refractivity contribution in [2.24, 2.45) is 0 Å². The van der Waals surface area contributed by atoms with Crippen LogP contribution in [0.5, 0.6) is 0 Å². The van der Waals surface area contributed by atoms with Gasteiger partial charge in [0.05, 0.1) is 10.9 Å². The van der Waals surface area contributed by atoms with Crippen molar-refractivity contribution in [2.45, 2.75) is 30.8 Å². The van der Waals surface area contributed by atoms with E-state index in [1.165, 1.54) is 17.8 Å². The van der Waals surface area contributed by atoms with E-state index in [1.807, 2.05) is 23.6 Å². The first kappa shape index (κ1) is 20.3. The van der Waals surface area contributed by atoms with Gasteiger partial charge in [-0.15, -0.1) is 10.2 Å². The summed E-state index contributed by atoms with van der Waals surface area (Å²) in [6, 6.07) is 10.2. The number of anilines is 1. The summed E-state index contributed by atoms with van der Waals surface area (Å²) in [5.41, 5.74) is 0.786. The average Bonchev–Trinajstić information content (AvgIpc) is 3.07. The Hall–Kier alpha value is -2.45. The molecule has 0 aliphatic carbocycles. The van der Waals surface area contributed by atoms with Crippen molar-refractivity contribution in [2.75, 3.05) is 5.32 Å². The van der Waals surface area contributed by atoms with E-state index >= 15 is 0 Å². The molecule has 0 spiro atoms. The summed E-state index contributed by atoms with van der Waals surface area (Å²) in [7, 11) is 0. The highest BCUT2D eigenvalue weighted by molar-refractivity contribution is 8.00. The van der Waals surface area contributed by atoms with Gasteiger partial charge >= 0.3 is 0 Å². The second kappa shape index (κ2) is 8.70. The van der Waals surface area contributed by atoms with Crippen LogP contribution in [0.3, 0.4) is 0 Å². The molecule has 0 saturated carbocycles. The average molecular weight is 423 g/mol. The summed E-state index contributed by atoms with van der Waals surface area (Å²) in [5, 5.41) is 11.5. The molecule has 28 heavy (non-hydrogen) atoms. The van der Waals surface area contributed by atoms with Crippen LogP contribution >= 0.6 is 23.4 Å². The number of carbonyl (C=O) groups is 1. The van der Waals surface area contributed by atoms with E-state index in [0.717, 1.165) is 17.7 Å². The largest absolute Gasteiger partial charge is 0.323 e. The lowest BCUT2D eigenvalue weighted by atomic mass is 10.2. The zero-order valence-corrected chi connectivity index (χ0v) is 16.7. The lowest BCUT2D eigenvalue weighted by Gasteiger charge is -2.13. The molecule has 1 unspecified atom stereocenters. The molecule has 0 bridgehead atoms. The molecule has 1 N–H and O–H groups in total. The van der Waals surface area contributed by atoms with Crippen molar-refractivity contribution < 1.29 is 13.6 Å². The van der Waals surface area contributed by atoms with Crippen molar-refractivity contribution in [1.82, 2.24) is 14.8 Å². The molecule has 1 aromatic heterocycles. The molecule has 3 rings (SSSR count). The maximum atomic E-state index is 13.7. The highest BCUT2D eigenvalue weighted by Crippen LogP contribution is 2.28. The smallest absolute Gasteiger partial charge is 0.237 e. The minimum atomic E-state index is -0.827. The summed E-state index contributed by atoms with van der Waals surface area (Å²) < 4.78 is 28.6. The molecule has 0 aliphatic rings. The molecule has 0 radical (unpaired) electrons. The molecule has 3 aromatic rings. The van der Waals surface area contributed by atoms with Gasteiger partial charge in [-0.2, -0.15) is 0 Å².